The quantitative estimate of drug-likeness (QED) is 0.414. The number of aliphatic hydroxyl groups excluding tert-OH is 1. The summed E-state index contributed by atoms with van der Waals surface area (Å²) >= 11 is 0. The van der Waals surface area contributed by atoms with Gasteiger partial charge in [0.05, 0.1) is 5.60 Å². The monoisotopic (exact) mass is 300 g/mol. The van der Waals surface area contributed by atoms with E-state index in [1.54, 1.807) is 0 Å². The van der Waals surface area contributed by atoms with E-state index in [1.165, 1.54) is 31.3 Å². The van der Waals surface area contributed by atoms with Gasteiger partial charge in [0, 0.05) is 6.61 Å². The predicted molar refractivity (Wildman–Crippen MR) is 94.6 cm³/mol. The highest BCUT2D eigenvalue weighted by Gasteiger charge is 2.10. The van der Waals surface area contributed by atoms with Crippen molar-refractivity contribution in [1.29, 1.82) is 0 Å². The van der Waals surface area contributed by atoms with Crippen LogP contribution in [0.1, 0.15) is 92.9 Å². The third-order valence-corrected chi connectivity index (χ3v) is 3.48. The van der Waals surface area contributed by atoms with E-state index in [0.717, 1.165) is 25.7 Å². The van der Waals surface area contributed by atoms with Crippen molar-refractivity contribution in [3.05, 3.63) is 11.6 Å². The van der Waals surface area contributed by atoms with E-state index in [0.29, 0.717) is 12.5 Å². The lowest BCUT2D eigenvalue weighted by atomic mass is 10.0. The first-order chi connectivity index (χ1) is 9.72. The van der Waals surface area contributed by atoms with Gasteiger partial charge in [-0.15, -0.1) is 0 Å². The van der Waals surface area contributed by atoms with Gasteiger partial charge in [-0.25, -0.2) is 0 Å². The maximum atomic E-state index is 9.32. The summed E-state index contributed by atoms with van der Waals surface area (Å²) < 4.78 is 0. The van der Waals surface area contributed by atoms with Crippen LogP contribution in [0.25, 0.3) is 0 Å². The van der Waals surface area contributed by atoms with Crippen molar-refractivity contribution in [2.24, 2.45) is 5.92 Å². The van der Waals surface area contributed by atoms with Gasteiger partial charge in [-0.2, -0.15) is 0 Å². The second-order valence-electron chi connectivity index (χ2n) is 7.10. The zero-order valence-corrected chi connectivity index (χ0v) is 15.4. The van der Waals surface area contributed by atoms with E-state index in [4.69, 9.17) is 5.11 Å². The van der Waals surface area contributed by atoms with Crippen LogP contribution in [0.3, 0.4) is 0 Å². The fourth-order valence-electron chi connectivity index (χ4n) is 2.01. The van der Waals surface area contributed by atoms with Gasteiger partial charge < -0.3 is 10.2 Å². The summed E-state index contributed by atoms with van der Waals surface area (Å²) in [5, 5.41) is 17.9. The van der Waals surface area contributed by atoms with Crippen molar-refractivity contribution >= 4 is 0 Å². The number of hydrogen-bond donors (Lipinski definition) is 2. The molecule has 0 aliphatic rings. The maximum Gasteiger partial charge on any atom is 0.0591 e. The molecule has 0 saturated carbocycles. The zero-order chi connectivity index (χ0) is 16.7. The minimum absolute atomic E-state index is 0.329. The molecule has 0 radical (unpaired) electrons. The molecule has 2 N–H and O–H groups in total. The number of hydrogen-bond acceptors (Lipinski definition) is 2. The summed E-state index contributed by atoms with van der Waals surface area (Å²) in [6, 6.07) is 0. The smallest absolute Gasteiger partial charge is 0.0591 e. The highest BCUT2D eigenvalue weighted by molar-refractivity contribution is 4.92. The Balaban J connectivity index is 0. The Hall–Kier alpha value is -0.340. The second kappa shape index (κ2) is 14.6. The number of rotatable bonds is 10. The molecule has 0 aromatic carbocycles. The van der Waals surface area contributed by atoms with Crippen molar-refractivity contribution in [1.82, 2.24) is 0 Å². The largest absolute Gasteiger partial charge is 0.396 e. The molecule has 1 unspecified atom stereocenters. The van der Waals surface area contributed by atoms with Crippen LogP contribution in [0.15, 0.2) is 11.6 Å². The zero-order valence-electron chi connectivity index (χ0n) is 15.4. The van der Waals surface area contributed by atoms with Crippen LogP contribution >= 0.6 is 0 Å². The van der Waals surface area contributed by atoms with Gasteiger partial charge in [-0.1, -0.05) is 51.2 Å². The average molecular weight is 301 g/mol. The van der Waals surface area contributed by atoms with E-state index in [1.807, 2.05) is 13.8 Å². The van der Waals surface area contributed by atoms with E-state index in [-0.39, 0.29) is 0 Å². The molecular weight excluding hydrogens is 260 g/mol. The van der Waals surface area contributed by atoms with Crippen molar-refractivity contribution in [3.63, 3.8) is 0 Å². The van der Waals surface area contributed by atoms with Gasteiger partial charge in [0.25, 0.3) is 0 Å². The Labute approximate surface area is 133 Å². The van der Waals surface area contributed by atoms with Gasteiger partial charge in [0.2, 0.25) is 0 Å². The van der Waals surface area contributed by atoms with Crippen LogP contribution in [0.4, 0.5) is 0 Å². The van der Waals surface area contributed by atoms with Crippen molar-refractivity contribution in [3.8, 4) is 0 Å². The van der Waals surface area contributed by atoms with Gasteiger partial charge in [-0.3, -0.25) is 0 Å². The van der Waals surface area contributed by atoms with Crippen LogP contribution in [-0.4, -0.2) is 22.4 Å². The number of allylic oxidation sites excluding steroid dienone is 2. The summed E-state index contributed by atoms with van der Waals surface area (Å²) in [5.41, 5.74) is 0.939. The van der Waals surface area contributed by atoms with Gasteiger partial charge in [-0.05, 0) is 59.3 Å². The molecule has 0 aromatic heterocycles. The fraction of sp³-hybridized carbons (Fsp3) is 0.895. The van der Waals surface area contributed by atoms with Crippen LogP contribution in [0.5, 0.6) is 0 Å². The van der Waals surface area contributed by atoms with Gasteiger partial charge in [0.1, 0.15) is 0 Å². The van der Waals surface area contributed by atoms with E-state index in [2.05, 4.69) is 33.8 Å². The Morgan fingerprint density at radius 3 is 2.14 bits per heavy atom. The molecule has 0 saturated heterocycles. The first kappa shape index (κ1) is 22.9. The Morgan fingerprint density at radius 1 is 1.10 bits per heavy atom. The summed E-state index contributed by atoms with van der Waals surface area (Å²) in [7, 11) is 0. The van der Waals surface area contributed by atoms with Crippen LogP contribution in [0, 0.1) is 5.92 Å². The Kier molecular flexibility index (Phi) is 15.9. The summed E-state index contributed by atoms with van der Waals surface area (Å²) in [5.74, 6) is 0.663. The van der Waals surface area contributed by atoms with E-state index < -0.39 is 5.60 Å². The second-order valence-corrected chi connectivity index (χ2v) is 7.10. The van der Waals surface area contributed by atoms with E-state index >= 15 is 0 Å². The van der Waals surface area contributed by atoms with Crippen LogP contribution < -0.4 is 0 Å². The third-order valence-electron chi connectivity index (χ3n) is 3.48. The molecule has 0 fully saturated rings. The molecule has 0 spiro atoms. The summed E-state index contributed by atoms with van der Waals surface area (Å²) in [6.07, 6.45) is 11.5. The van der Waals surface area contributed by atoms with Crippen molar-refractivity contribution < 1.29 is 10.2 Å². The topological polar surface area (TPSA) is 40.5 Å². The molecule has 2 nitrogen and oxygen atoms in total. The minimum Gasteiger partial charge on any atom is -0.396 e. The molecule has 0 aromatic rings. The molecule has 0 aliphatic carbocycles. The molecule has 0 amide bonds. The lowest BCUT2D eigenvalue weighted by Crippen LogP contribution is -2.17. The van der Waals surface area contributed by atoms with Crippen LogP contribution in [0.2, 0.25) is 0 Å². The summed E-state index contributed by atoms with van der Waals surface area (Å²) in [6.45, 7) is 12.7. The SMILES string of the molecule is CC(C)=CCCC(C)CCO.CCCCCCC(C)(C)O. The molecule has 1 atom stereocenters. The third kappa shape index (κ3) is 25.0. The number of aliphatic hydroxyl groups is 2. The molecule has 2 heteroatoms. The molecule has 0 rings (SSSR count). The highest BCUT2D eigenvalue weighted by Crippen LogP contribution is 2.13. The van der Waals surface area contributed by atoms with Gasteiger partial charge in [0.15, 0.2) is 0 Å². The predicted octanol–water partition coefficient (Wildman–Crippen LogP) is 5.48. The molecule has 0 heterocycles. The van der Waals surface area contributed by atoms with Crippen molar-refractivity contribution in [2.75, 3.05) is 6.61 Å². The van der Waals surface area contributed by atoms with E-state index in [9.17, 15) is 5.11 Å². The molecule has 0 aliphatic heterocycles. The standard InChI is InChI=1S/C10H20O.C9H20O/c1-9(2)5-4-6-10(3)7-8-11;1-4-5-6-7-8-9(2,3)10/h5,10-11H,4,6-8H2,1-3H3;10H,4-8H2,1-3H3. The fourth-order valence-corrected chi connectivity index (χ4v) is 2.01. The number of unbranched alkanes of at least 4 members (excludes halogenated alkanes) is 3. The lowest BCUT2D eigenvalue weighted by Gasteiger charge is -2.15. The summed E-state index contributed by atoms with van der Waals surface area (Å²) in [4.78, 5) is 0. The molecular formula is C19H40O2. The van der Waals surface area contributed by atoms with Gasteiger partial charge >= 0.3 is 0 Å². The highest BCUT2D eigenvalue weighted by atomic mass is 16.3. The Morgan fingerprint density at radius 2 is 1.71 bits per heavy atom. The average Bonchev–Trinajstić information content (AvgIpc) is 2.34. The maximum absolute atomic E-state index is 9.32. The van der Waals surface area contributed by atoms with Crippen LogP contribution in [-0.2, 0) is 0 Å². The first-order valence-electron chi connectivity index (χ1n) is 8.69. The first-order valence-corrected chi connectivity index (χ1v) is 8.69. The molecule has 128 valence electrons. The Bertz CT molecular complexity index is 234. The molecule has 0 bridgehead atoms. The minimum atomic E-state index is -0.451. The lowest BCUT2D eigenvalue weighted by molar-refractivity contribution is 0.0680. The normalized spacial score (nSPS) is 12.4. The van der Waals surface area contributed by atoms with Crippen molar-refractivity contribution in [2.45, 2.75) is 98.5 Å². The molecule has 21 heavy (non-hydrogen) atoms.